The maximum Gasteiger partial charge on any atom is 0.302 e. The molecule has 0 aliphatic carbocycles. The Morgan fingerprint density at radius 1 is 1.47 bits per heavy atom. The van der Waals surface area contributed by atoms with Gasteiger partial charge in [0.05, 0.1) is 6.04 Å². The van der Waals surface area contributed by atoms with Crippen molar-refractivity contribution in [3.63, 3.8) is 0 Å². The lowest BCUT2D eigenvalue weighted by atomic mass is 9.86. The van der Waals surface area contributed by atoms with E-state index in [0.717, 1.165) is 6.42 Å². The highest BCUT2D eigenvalue weighted by Gasteiger charge is 2.41. The predicted octanol–water partition coefficient (Wildman–Crippen LogP) is 1.50. The van der Waals surface area contributed by atoms with Crippen molar-refractivity contribution in [1.29, 1.82) is 0 Å². The molecular weight excluding hydrogens is 244 g/mol. The van der Waals surface area contributed by atoms with Gasteiger partial charge in [0, 0.05) is 25.6 Å². The lowest BCUT2D eigenvalue weighted by Gasteiger charge is -2.47. The molecular formula is C14H18N2O3. The van der Waals surface area contributed by atoms with Gasteiger partial charge in [0.15, 0.2) is 0 Å². The zero-order chi connectivity index (χ0) is 13.8. The number of ether oxygens (including phenoxy) is 1. The summed E-state index contributed by atoms with van der Waals surface area (Å²) in [5.74, 6) is -0.0125. The van der Waals surface area contributed by atoms with Crippen LogP contribution in [-0.4, -0.2) is 41.0 Å². The third-order valence-corrected chi connectivity index (χ3v) is 3.50. The molecule has 19 heavy (non-hydrogen) atoms. The van der Waals surface area contributed by atoms with E-state index in [0.29, 0.717) is 18.2 Å². The second-order valence-corrected chi connectivity index (χ2v) is 4.71. The average Bonchev–Trinajstić information content (AvgIpc) is 2.38. The molecule has 1 aliphatic rings. The molecule has 0 bridgehead atoms. The van der Waals surface area contributed by atoms with Gasteiger partial charge in [0.1, 0.15) is 12.3 Å². The van der Waals surface area contributed by atoms with Gasteiger partial charge in [-0.15, -0.1) is 0 Å². The van der Waals surface area contributed by atoms with E-state index in [1.54, 1.807) is 29.3 Å². The first-order valence-electron chi connectivity index (χ1n) is 6.48. The molecule has 0 saturated carbocycles. The highest BCUT2D eigenvalue weighted by Crippen LogP contribution is 2.29. The van der Waals surface area contributed by atoms with Crippen LogP contribution in [0.5, 0.6) is 0 Å². The summed E-state index contributed by atoms with van der Waals surface area (Å²) in [6.45, 7) is 4.43. The third kappa shape index (κ3) is 2.92. The van der Waals surface area contributed by atoms with Crippen LogP contribution in [0.4, 0.5) is 0 Å². The number of carbonyl (C=O) groups excluding carboxylic acids is 2. The number of nitrogens with zero attached hydrogens (tertiary/aromatic N) is 2. The van der Waals surface area contributed by atoms with Crippen LogP contribution < -0.4 is 0 Å². The minimum Gasteiger partial charge on any atom is -0.464 e. The van der Waals surface area contributed by atoms with Crippen molar-refractivity contribution < 1.29 is 14.3 Å². The van der Waals surface area contributed by atoms with Gasteiger partial charge < -0.3 is 9.64 Å². The molecule has 1 amide bonds. The Bertz CT molecular complexity index is 461. The summed E-state index contributed by atoms with van der Waals surface area (Å²) >= 11 is 0. The second kappa shape index (κ2) is 5.82. The molecule has 0 N–H and O–H groups in total. The van der Waals surface area contributed by atoms with E-state index in [1.807, 2.05) is 0 Å². The molecule has 0 aromatic carbocycles. The van der Waals surface area contributed by atoms with E-state index in [1.165, 1.54) is 6.92 Å². The molecule has 1 fully saturated rings. The first kappa shape index (κ1) is 13.5. The number of carbonyl (C=O) groups is 2. The predicted molar refractivity (Wildman–Crippen MR) is 69.5 cm³/mol. The molecule has 2 rings (SSSR count). The summed E-state index contributed by atoms with van der Waals surface area (Å²) in [6.07, 6.45) is 2.57. The van der Waals surface area contributed by atoms with Crippen LogP contribution >= 0.6 is 0 Å². The summed E-state index contributed by atoms with van der Waals surface area (Å²) < 4.78 is 5.04. The Hall–Kier alpha value is -1.91. The van der Waals surface area contributed by atoms with Crippen molar-refractivity contribution in [3.05, 3.63) is 30.1 Å². The number of aromatic nitrogens is 1. The molecule has 1 aromatic heterocycles. The number of esters is 1. The molecule has 0 unspecified atom stereocenters. The molecule has 5 heteroatoms. The highest BCUT2D eigenvalue weighted by atomic mass is 16.5. The van der Waals surface area contributed by atoms with E-state index in [-0.39, 0.29) is 24.5 Å². The molecule has 1 saturated heterocycles. The van der Waals surface area contributed by atoms with Crippen LogP contribution in [0.3, 0.4) is 0 Å². The summed E-state index contributed by atoms with van der Waals surface area (Å²) in [5.41, 5.74) is 0.435. The molecule has 0 radical (unpaired) electrons. The van der Waals surface area contributed by atoms with Crippen LogP contribution in [0, 0.1) is 5.92 Å². The van der Waals surface area contributed by atoms with Crippen molar-refractivity contribution >= 4 is 11.9 Å². The molecule has 1 aliphatic heterocycles. The van der Waals surface area contributed by atoms with Gasteiger partial charge in [-0.05, 0) is 18.6 Å². The topological polar surface area (TPSA) is 59.5 Å². The van der Waals surface area contributed by atoms with Crippen molar-refractivity contribution in [2.45, 2.75) is 26.3 Å². The normalized spacial score (nSPS) is 21.7. The van der Waals surface area contributed by atoms with E-state index < -0.39 is 0 Å². The molecule has 102 valence electrons. The van der Waals surface area contributed by atoms with Gasteiger partial charge in [-0.3, -0.25) is 14.6 Å². The standard InChI is InChI=1S/C14H18N2O3/c1-3-11-8-16(13(11)9-19-10(2)17)14(18)12-6-4-5-7-15-12/h4-7,11,13H,3,8-9H2,1-2H3/t11-,13-/m1/s1. The third-order valence-electron chi connectivity index (χ3n) is 3.50. The minimum atomic E-state index is -0.313. The van der Waals surface area contributed by atoms with Crippen LogP contribution in [0.2, 0.25) is 0 Å². The fraction of sp³-hybridized carbons (Fsp3) is 0.500. The van der Waals surface area contributed by atoms with Crippen molar-refractivity contribution in [2.24, 2.45) is 5.92 Å². The quantitative estimate of drug-likeness (QED) is 0.771. The average molecular weight is 262 g/mol. The highest BCUT2D eigenvalue weighted by molar-refractivity contribution is 5.93. The zero-order valence-corrected chi connectivity index (χ0v) is 11.2. The number of hydrogen-bond donors (Lipinski definition) is 0. The fourth-order valence-electron chi connectivity index (χ4n) is 2.33. The number of amides is 1. The Balaban J connectivity index is 2.03. The summed E-state index contributed by atoms with van der Waals surface area (Å²) in [6, 6.07) is 5.24. The monoisotopic (exact) mass is 262 g/mol. The summed E-state index contributed by atoms with van der Waals surface area (Å²) in [5, 5.41) is 0. The Kier molecular flexibility index (Phi) is 4.14. The van der Waals surface area contributed by atoms with E-state index >= 15 is 0 Å². The Morgan fingerprint density at radius 2 is 2.26 bits per heavy atom. The molecule has 1 aromatic rings. The lowest BCUT2D eigenvalue weighted by Crippen LogP contribution is -2.60. The number of rotatable bonds is 4. The van der Waals surface area contributed by atoms with Gasteiger partial charge in [-0.2, -0.15) is 0 Å². The summed E-state index contributed by atoms with van der Waals surface area (Å²) in [7, 11) is 0. The van der Waals surface area contributed by atoms with Crippen molar-refractivity contribution in [1.82, 2.24) is 9.88 Å². The molecule has 2 atom stereocenters. The largest absolute Gasteiger partial charge is 0.464 e. The lowest BCUT2D eigenvalue weighted by molar-refractivity contribution is -0.145. The van der Waals surface area contributed by atoms with Crippen molar-refractivity contribution in [2.75, 3.05) is 13.2 Å². The summed E-state index contributed by atoms with van der Waals surface area (Å²) in [4.78, 5) is 29.0. The zero-order valence-electron chi connectivity index (χ0n) is 11.2. The second-order valence-electron chi connectivity index (χ2n) is 4.71. The fourth-order valence-corrected chi connectivity index (χ4v) is 2.33. The molecule has 5 nitrogen and oxygen atoms in total. The van der Waals surface area contributed by atoms with Crippen LogP contribution in [0.1, 0.15) is 30.8 Å². The number of pyridine rings is 1. The van der Waals surface area contributed by atoms with Crippen LogP contribution in [0.25, 0.3) is 0 Å². The number of likely N-dealkylation sites (tertiary alicyclic amines) is 1. The van der Waals surface area contributed by atoms with Gasteiger partial charge >= 0.3 is 5.97 Å². The molecule has 2 heterocycles. The first-order chi connectivity index (χ1) is 9.13. The van der Waals surface area contributed by atoms with Crippen molar-refractivity contribution in [3.8, 4) is 0 Å². The molecule has 0 spiro atoms. The van der Waals surface area contributed by atoms with Gasteiger partial charge in [-0.25, -0.2) is 0 Å². The van der Waals surface area contributed by atoms with E-state index in [9.17, 15) is 9.59 Å². The van der Waals surface area contributed by atoms with Gasteiger partial charge in [-0.1, -0.05) is 13.0 Å². The van der Waals surface area contributed by atoms with Crippen LogP contribution in [0.15, 0.2) is 24.4 Å². The minimum absolute atomic E-state index is 0.0246. The van der Waals surface area contributed by atoms with E-state index in [4.69, 9.17) is 4.74 Å². The smallest absolute Gasteiger partial charge is 0.302 e. The maximum atomic E-state index is 12.3. The number of hydrogen-bond acceptors (Lipinski definition) is 4. The van der Waals surface area contributed by atoms with E-state index in [2.05, 4.69) is 11.9 Å². The SMILES string of the molecule is CC[C@@H]1CN(C(=O)c2ccccn2)[C@@H]1COC(C)=O. The Morgan fingerprint density at radius 3 is 2.84 bits per heavy atom. The van der Waals surface area contributed by atoms with Gasteiger partial charge in [0.2, 0.25) is 0 Å². The Labute approximate surface area is 112 Å². The van der Waals surface area contributed by atoms with Crippen LogP contribution in [-0.2, 0) is 9.53 Å². The first-order valence-corrected chi connectivity index (χ1v) is 6.48. The maximum absolute atomic E-state index is 12.3. The van der Waals surface area contributed by atoms with Gasteiger partial charge in [0.25, 0.3) is 5.91 Å².